The van der Waals surface area contributed by atoms with E-state index in [1.807, 2.05) is 4.90 Å². The van der Waals surface area contributed by atoms with Crippen LogP contribution in [0, 0.1) is 11.8 Å². The summed E-state index contributed by atoms with van der Waals surface area (Å²) in [4.78, 5) is 21.3. The van der Waals surface area contributed by atoms with Crippen molar-refractivity contribution in [2.45, 2.75) is 19.3 Å². The van der Waals surface area contributed by atoms with Crippen molar-refractivity contribution in [2.75, 3.05) is 46.4 Å². The second-order valence-corrected chi connectivity index (χ2v) is 6.83. The van der Waals surface area contributed by atoms with E-state index in [-0.39, 0.29) is 18.4 Å². The second kappa shape index (κ2) is 7.94. The van der Waals surface area contributed by atoms with Crippen molar-refractivity contribution in [2.24, 2.45) is 11.8 Å². The molecule has 132 valence electrons. The van der Waals surface area contributed by atoms with Crippen LogP contribution < -0.4 is 4.74 Å². The highest BCUT2D eigenvalue weighted by molar-refractivity contribution is 5.96. The summed E-state index contributed by atoms with van der Waals surface area (Å²) in [7, 11) is 1.53. The Morgan fingerprint density at radius 3 is 2.75 bits per heavy atom. The van der Waals surface area contributed by atoms with Crippen LogP contribution in [-0.4, -0.2) is 72.2 Å². The van der Waals surface area contributed by atoms with Crippen molar-refractivity contribution in [1.29, 1.82) is 0 Å². The summed E-state index contributed by atoms with van der Waals surface area (Å²) in [6.45, 7) is 4.67. The summed E-state index contributed by atoms with van der Waals surface area (Å²) < 4.78 is 5.21. The molecule has 1 amide bonds. The smallest absolute Gasteiger partial charge is 0.259 e. The average molecular weight is 333 g/mol. The molecule has 0 bridgehead atoms. The number of piperidine rings is 1. The van der Waals surface area contributed by atoms with Gasteiger partial charge < -0.3 is 19.6 Å². The molecule has 2 aliphatic rings. The molecular weight excluding hydrogens is 306 g/mol. The van der Waals surface area contributed by atoms with Gasteiger partial charge in [-0.05, 0) is 44.0 Å². The molecule has 0 saturated carbocycles. The molecule has 0 spiro atoms. The molecule has 1 N–H and O–H groups in total. The molecule has 0 radical (unpaired) electrons. The van der Waals surface area contributed by atoms with Crippen LogP contribution in [0.2, 0.25) is 0 Å². The number of nitrogens with zero attached hydrogens (tertiary/aromatic N) is 3. The molecule has 1 aromatic rings. The molecule has 2 atom stereocenters. The number of ether oxygens (including phenoxy) is 1. The van der Waals surface area contributed by atoms with Gasteiger partial charge in [-0.15, -0.1) is 0 Å². The lowest BCUT2D eigenvalue weighted by Crippen LogP contribution is -2.37. The third kappa shape index (κ3) is 3.70. The average Bonchev–Trinajstić information content (AvgIpc) is 3.04. The summed E-state index contributed by atoms with van der Waals surface area (Å²) >= 11 is 0. The highest BCUT2D eigenvalue weighted by Gasteiger charge is 2.37. The maximum Gasteiger partial charge on any atom is 0.259 e. The van der Waals surface area contributed by atoms with Gasteiger partial charge in [0.15, 0.2) is 0 Å². The number of carbonyl (C=O) groups excluding carboxylic acids is 1. The zero-order valence-corrected chi connectivity index (χ0v) is 14.4. The molecule has 2 saturated heterocycles. The largest absolute Gasteiger partial charge is 0.480 e. The van der Waals surface area contributed by atoms with Crippen LogP contribution in [0.1, 0.15) is 29.6 Å². The van der Waals surface area contributed by atoms with Gasteiger partial charge in [0.2, 0.25) is 5.88 Å². The van der Waals surface area contributed by atoms with E-state index >= 15 is 0 Å². The van der Waals surface area contributed by atoms with Crippen LogP contribution in [0.3, 0.4) is 0 Å². The topological polar surface area (TPSA) is 65.9 Å². The summed E-state index contributed by atoms with van der Waals surface area (Å²) in [5, 5.41) is 9.74. The number of carbonyl (C=O) groups is 1. The van der Waals surface area contributed by atoms with Crippen molar-refractivity contribution in [3.8, 4) is 5.88 Å². The van der Waals surface area contributed by atoms with E-state index in [4.69, 9.17) is 4.74 Å². The van der Waals surface area contributed by atoms with Crippen molar-refractivity contribution < 1.29 is 14.6 Å². The maximum atomic E-state index is 12.8. The number of likely N-dealkylation sites (tertiary alicyclic amines) is 2. The Balaban J connectivity index is 1.67. The zero-order valence-electron chi connectivity index (χ0n) is 14.4. The Labute approximate surface area is 143 Å². The van der Waals surface area contributed by atoms with Gasteiger partial charge >= 0.3 is 0 Å². The standard InChI is InChI=1S/C18H27N3O3/c1-24-17-16(6-5-7-19-17)18(23)21-11-14(15(12-21)13-22)10-20-8-3-2-4-9-20/h5-7,14-15,22H,2-4,8-13H2,1H3/t14-,15-/m1/s1. The van der Waals surface area contributed by atoms with Gasteiger partial charge in [0.1, 0.15) is 5.56 Å². The van der Waals surface area contributed by atoms with Gasteiger partial charge in [-0.3, -0.25) is 4.79 Å². The van der Waals surface area contributed by atoms with Crippen LogP contribution in [0.15, 0.2) is 18.3 Å². The molecule has 0 aliphatic carbocycles. The third-order valence-corrected chi connectivity index (χ3v) is 5.23. The van der Waals surface area contributed by atoms with E-state index < -0.39 is 0 Å². The molecule has 24 heavy (non-hydrogen) atoms. The third-order valence-electron chi connectivity index (χ3n) is 5.23. The fourth-order valence-corrected chi connectivity index (χ4v) is 3.88. The predicted octanol–water partition coefficient (Wildman–Crippen LogP) is 1.26. The highest BCUT2D eigenvalue weighted by atomic mass is 16.5. The number of amides is 1. The van der Waals surface area contributed by atoms with Crippen LogP contribution in [0.5, 0.6) is 5.88 Å². The van der Waals surface area contributed by atoms with Crippen LogP contribution in [-0.2, 0) is 0 Å². The SMILES string of the molecule is COc1ncccc1C(=O)N1C[C@@H](CN2CCCCC2)[C@@H](CO)C1. The molecule has 0 unspecified atom stereocenters. The first-order valence-electron chi connectivity index (χ1n) is 8.84. The van der Waals surface area contributed by atoms with E-state index in [0.29, 0.717) is 30.5 Å². The number of rotatable bonds is 5. The van der Waals surface area contributed by atoms with E-state index in [1.165, 1.54) is 26.4 Å². The summed E-state index contributed by atoms with van der Waals surface area (Å²) in [5.41, 5.74) is 0.496. The molecule has 0 aromatic carbocycles. The number of methoxy groups -OCH3 is 1. The van der Waals surface area contributed by atoms with E-state index in [0.717, 1.165) is 19.6 Å². The number of hydrogen-bond donors (Lipinski definition) is 1. The van der Waals surface area contributed by atoms with E-state index in [2.05, 4.69) is 9.88 Å². The number of aromatic nitrogens is 1. The van der Waals surface area contributed by atoms with Crippen LogP contribution in [0.25, 0.3) is 0 Å². The number of aliphatic hydroxyl groups excluding tert-OH is 1. The highest BCUT2D eigenvalue weighted by Crippen LogP contribution is 2.28. The van der Waals surface area contributed by atoms with Crippen molar-refractivity contribution >= 4 is 5.91 Å². The minimum atomic E-state index is -0.0560. The first-order valence-corrected chi connectivity index (χ1v) is 8.84. The Hall–Kier alpha value is -1.66. The van der Waals surface area contributed by atoms with E-state index in [9.17, 15) is 9.90 Å². The van der Waals surface area contributed by atoms with Crippen molar-refractivity contribution in [1.82, 2.24) is 14.8 Å². The summed E-state index contributed by atoms with van der Waals surface area (Å²) in [6, 6.07) is 3.50. The molecule has 6 nitrogen and oxygen atoms in total. The Morgan fingerprint density at radius 1 is 1.29 bits per heavy atom. The fraction of sp³-hybridized carbons (Fsp3) is 0.667. The normalized spacial score (nSPS) is 25.0. The molecule has 3 rings (SSSR count). The minimum absolute atomic E-state index is 0.0560. The lowest BCUT2D eigenvalue weighted by molar-refractivity contribution is 0.0774. The number of hydrogen-bond acceptors (Lipinski definition) is 5. The Bertz CT molecular complexity index is 560. The minimum Gasteiger partial charge on any atom is -0.480 e. The number of aliphatic hydroxyl groups is 1. The number of pyridine rings is 1. The zero-order chi connectivity index (χ0) is 16.9. The molecule has 6 heteroatoms. The first-order chi connectivity index (χ1) is 11.7. The van der Waals surface area contributed by atoms with Gasteiger partial charge in [-0.25, -0.2) is 4.98 Å². The molecular formula is C18H27N3O3. The van der Waals surface area contributed by atoms with Gasteiger partial charge in [-0.1, -0.05) is 6.42 Å². The van der Waals surface area contributed by atoms with Gasteiger partial charge in [0.25, 0.3) is 5.91 Å². The molecule has 2 aliphatic heterocycles. The van der Waals surface area contributed by atoms with Crippen LogP contribution >= 0.6 is 0 Å². The Kier molecular flexibility index (Phi) is 5.68. The summed E-state index contributed by atoms with van der Waals surface area (Å²) in [5.74, 6) is 0.792. The lowest BCUT2D eigenvalue weighted by atomic mass is 9.95. The Morgan fingerprint density at radius 2 is 2.04 bits per heavy atom. The lowest BCUT2D eigenvalue weighted by Gasteiger charge is -2.30. The monoisotopic (exact) mass is 333 g/mol. The van der Waals surface area contributed by atoms with Crippen LogP contribution in [0.4, 0.5) is 0 Å². The van der Waals surface area contributed by atoms with Crippen molar-refractivity contribution in [3.05, 3.63) is 23.9 Å². The molecule has 3 heterocycles. The van der Waals surface area contributed by atoms with Crippen molar-refractivity contribution in [3.63, 3.8) is 0 Å². The van der Waals surface area contributed by atoms with Gasteiger partial charge in [-0.2, -0.15) is 0 Å². The predicted molar refractivity (Wildman–Crippen MR) is 91.0 cm³/mol. The molecule has 2 fully saturated rings. The quantitative estimate of drug-likeness (QED) is 0.879. The van der Waals surface area contributed by atoms with Gasteiger partial charge in [0, 0.05) is 38.4 Å². The summed E-state index contributed by atoms with van der Waals surface area (Å²) in [6.07, 6.45) is 5.45. The first kappa shape index (κ1) is 17.2. The molecule has 1 aromatic heterocycles. The second-order valence-electron chi connectivity index (χ2n) is 6.83. The fourth-order valence-electron chi connectivity index (χ4n) is 3.88. The maximum absolute atomic E-state index is 12.8. The van der Waals surface area contributed by atoms with E-state index in [1.54, 1.807) is 18.3 Å². The van der Waals surface area contributed by atoms with Gasteiger partial charge in [0.05, 0.1) is 7.11 Å².